The van der Waals surface area contributed by atoms with Gasteiger partial charge in [0.15, 0.2) is 0 Å². The zero-order chi connectivity index (χ0) is 12.2. The Morgan fingerprint density at radius 3 is 2.62 bits per heavy atom. The Kier molecular flexibility index (Phi) is 3.73. The molecule has 0 radical (unpaired) electrons. The summed E-state index contributed by atoms with van der Waals surface area (Å²) >= 11 is 0. The molecule has 2 heteroatoms. The van der Waals surface area contributed by atoms with Gasteiger partial charge in [-0.2, -0.15) is 5.26 Å². The van der Waals surface area contributed by atoms with Gasteiger partial charge in [0, 0.05) is 0 Å². The highest BCUT2D eigenvalue weighted by molar-refractivity contribution is 5.45. The normalized spacial score (nSPS) is 10.6. The van der Waals surface area contributed by atoms with Crippen molar-refractivity contribution >= 4 is 0 Å². The van der Waals surface area contributed by atoms with E-state index in [0.717, 1.165) is 11.3 Å². The van der Waals surface area contributed by atoms with Crippen molar-refractivity contribution < 1.29 is 4.74 Å². The number of hydrogen-bond acceptors (Lipinski definition) is 2. The van der Waals surface area contributed by atoms with Crippen LogP contribution in [0.25, 0.3) is 0 Å². The fourth-order valence-corrected chi connectivity index (χ4v) is 1.48. The van der Waals surface area contributed by atoms with Crippen LogP contribution in [0.4, 0.5) is 0 Å². The Balaban J connectivity index is 3.17. The van der Waals surface area contributed by atoms with Gasteiger partial charge in [-0.15, -0.1) is 0 Å². The summed E-state index contributed by atoms with van der Waals surface area (Å²) in [6.45, 7) is 10.4. The maximum absolute atomic E-state index is 8.86. The van der Waals surface area contributed by atoms with Gasteiger partial charge in [0.1, 0.15) is 12.4 Å². The molecule has 0 amide bonds. The Labute approximate surface area is 97.2 Å². The molecular formula is C14H17NO. The van der Waals surface area contributed by atoms with Crippen LogP contribution >= 0.6 is 0 Å². The third-order valence-corrected chi connectivity index (χ3v) is 2.28. The lowest BCUT2D eigenvalue weighted by atomic mass is 9.86. The van der Waals surface area contributed by atoms with Crippen LogP contribution in [0.3, 0.4) is 0 Å². The lowest BCUT2D eigenvalue weighted by molar-refractivity contribution is 0.351. The van der Waals surface area contributed by atoms with Crippen LogP contribution in [0.2, 0.25) is 0 Å². The van der Waals surface area contributed by atoms with Crippen molar-refractivity contribution in [3.8, 4) is 11.8 Å². The van der Waals surface area contributed by atoms with Crippen molar-refractivity contribution in [1.82, 2.24) is 0 Å². The zero-order valence-electron chi connectivity index (χ0n) is 10.1. The minimum atomic E-state index is 0.00445. The molecule has 0 bridgehead atoms. The van der Waals surface area contributed by atoms with Gasteiger partial charge >= 0.3 is 0 Å². The fraction of sp³-hybridized carbons (Fsp3) is 0.357. The van der Waals surface area contributed by atoms with E-state index in [2.05, 4.69) is 33.4 Å². The average molecular weight is 215 g/mol. The second-order valence-corrected chi connectivity index (χ2v) is 4.67. The highest BCUT2D eigenvalue weighted by Gasteiger charge is 2.19. The summed E-state index contributed by atoms with van der Waals surface area (Å²) in [7, 11) is 0. The molecule has 0 atom stereocenters. The van der Waals surface area contributed by atoms with Gasteiger partial charge in [-0.1, -0.05) is 39.5 Å². The quantitative estimate of drug-likeness (QED) is 0.724. The van der Waals surface area contributed by atoms with E-state index in [1.807, 2.05) is 12.1 Å². The molecule has 0 aromatic heterocycles. The fourth-order valence-electron chi connectivity index (χ4n) is 1.48. The highest BCUT2D eigenvalue weighted by atomic mass is 16.5. The van der Waals surface area contributed by atoms with Gasteiger partial charge in [-0.25, -0.2) is 0 Å². The van der Waals surface area contributed by atoms with Crippen molar-refractivity contribution in [3.63, 3.8) is 0 Å². The number of benzene rings is 1. The first-order valence-electron chi connectivity index (χ1n) is 5.27. The van der Waals surface area contributed by atoms with Crippen LogP contribution in [-0.4, -0.2) is 6.61 Å². The molecule has 16 heavy (non-hydrogen) atoms. The average Bonchev–Trinajstić information content (AvgIpc) is 2.24. The Morgan fingerprint density at radius 2 is 2.12 bits per heavy atom. The first-order chi connectivity index (χ1) is 7.49. The van der Waals surface area contributed by atoms with E-state index < -0.39 is 0 Å². The SMILES string of the molecule is C=CCOc1cc(C#N)ccc1C(C)(C)C. The smallest absolute Gasteiger partial charge is 0.124 e. The molecule has 1 aromatic rings. The summed E-state index contributed by atoms with van der Waals surface area (Å²) in [6.07, 6.45) is 1.70. The maximum atomic E-state index is 8.86. The van der Waals surface area contributed by atoms with Crippen molar-refractivity contribution in [3.05, 3.63) is 42.0 Å². The Morgan fingerprint density at radius 1 is 1.44 bits per heavy atom. The van der Waals surface area contributed by atoms with Crippen LogP contribution in [-0.2, 0) is 5.41 Å². The monoisotopic (exact) mass is 215 g/mol. The summed E-state index contributed by atoms with van der Waals surface area (Å²) < 4.78 is 5.59. The van der Waals surface area contributed by atoms with Crippen molar-refractivity contribution in [2.75, 3.05) is 6.61 Å². The molecule has 2 nitrogen and oxygen atoms in total. The molecule has 0 saturated carbocycles. The molecule has 0 heterocycles. The van der Waals surface area contributed by atoms with E-state index in [1.54, 1.807) is 12.1 Å². The predicted octanol–water partition coefficient (Wildman–Crippen LogP) is 3.42. The molecule has 1 rings (SSSR count). The van der Waals surface area contributed by atoms with Gasteiger partial charge in [0.25, 0.3) is 0 Å². The number of hydrogen-bond donors (Lipinski definition) is 0. The van der Waals surface area contributed by atoms with Crippen LogP contribution < -0.4 is 4.74 Å². The molecule has 1 aromatic carbocycles. The molecule has 0 aliphatic carbocycles. The largest absolute Gasteiger partial charge is 0.489 e. The van der Waals surface area contributed by atoms with Crippen LogP contribution in [0.5, 0.6) is 5.75 Å². The standard InChI is InChI=1S/C14H17NO/c1-5-8-16-13-9-11(10-15)6-7-12(13)14(2,3)4/h5-7,9H,1,8H2,2-4H3. The first-order valence-corrected chi connectivity index (χ1v) is 5.27. The van der Waals surface area contributed by atoms with E-state index in [1.165, 1.54) is 0 Å². The summed E-state index contributed by atoms with van der Waals surface area (Å²) in [5.74, 6) is 0.770. The molecule has 84 valence electrons. The zero-order valence-corrected chi connectivity index (χ0v) is 10.1. The topological polar surface area (TPSA) is 33.0 Å². The third-order valence-electron chi connectivity index (χ3n) is 2.28. The lowest BCUT2D eigenvalue weighted by Crippen LogP contribution is -2.13. The van der Waals surface area contributed by atoms with Crippen molar-refractivity contribution in [1.29, 1.82) is 5.26 Å². The molecule has 0 unspecified atom stereocenters. The summed E-state index contributed by atoms with van der Waals surface area (Å²) in [5.41, 5.74) is 1.73. The summed E-state index contributed by atoms with van der Waals surface area (Å²) in [4.78, 5) is 0. The number of ether oxygens (including phenoxy) is 1. The van der Waals surface area contributed by atoms with E-state index in [-0.39, 0.29) is 5.41 Å². The summed E-state index contributed by atoms with van der Waals surface area (Å²) in [5, 5.41) is 8.86. The second kappa shape index (κ2) is 4.85. The first kappa shape index (κ1) is 12.3. The van der Waals surface area contributed by atoms with E-state index >= 15 is 0 Å². The molecular weight excluding hydrogens is 198 g/mol. The minimum Gasteiger partial charge on any atom is -0.489 e. The van der Waals surface area contributed by atoms with Crippen LogP contribution in [0.15, 0.2) is 30.9 Å². The van der Waals surface area contributed by atoms with Crippen LogP contribution in [0.1, 0.15) is 31.9 Å². The maximum Gasteiger partial charge on any atom is 0.124 e. The van der Waals surface area contributed by atoms with E-state index in [0.29, 0.717) is 12.2 Å². The minimum absolute atomic E-state index is 0.00445. The molecule has 0 N–H and O–H groups in total. The molecule has 0 saturated heterocycles. The predicted molar refractivity (Wildman–Crippen MR) is 65.5 cm³/mol. The Hall–Kier alpha value is -1.75. The third kappa shape index (κ3) is 2.87. The van der Waals surface area contributed by atoms with Gasteiger partial charge in [-0.3, -0.25) is 0 Å². The van der Waals surface area contributed by atoms with Gasteiger partial charge < -0.3 is 4.74 Å². The van der Waals surface area contributed by atoms with Gasteiger partial charge in [0.05, 0.1) is 11.6 Å². The number of nitriles is 1. The molecule has 0 spiro atoms. The molecule has 0 aliphatic heterocycles. The lowest BCUT2D eigenvalue weighted by Gasteiger charge is -2.22. The summed E-state index contributed by atoms with van der Waals surface area (Å²) in [6, 6.07) is 7.67. The van der Waals surface area contributed by atoms with Crippen molar-refractivity contribution in [2.45, 2.75) is 26.2 Å². The second-order valence-electron chi connectivity index (χ2n) is 4.67. The van der Waals surface area contributed by atoms with E-state index in [9.17, 15) is 0 Å². The van der Waals surface area contributed by atoms with Gasteiger partial charge in [-0.05, 0) is 23.1 Å². The van der Waals surface area contributed by atoms with Gasteiger partial charge in [0.2, 0.25) is 0 Å². The van der Waals surface area contributed by atoms with Crippen LogP contribution in [0, 0.1) is 11.3 Å². The molecule has 0 fully saturated rings. The highest BCUT2D eigenvalue weighted by Crippen LogP contribution is 2.32. The Bertz CT molecular complexity index is 421. The number of rotatable bonds is 3. The van der Waals surface area contributed by atoms with E-state index in [4.69, 9.17) is 10.00 Å². The van der Waals surface area contributed by atoms with Crippen molar-refractivity contribution in [2.24, 2.45) is 0 Å². The number of nitrogens with zero attached hydrogens (tertiary/aromatic N) is 1. The molecule has 0 aliphatic rings.